The Labute approximate surface area is 193 Å². The van der Waals surface area contributed by atoms with Crippen molar-refractivity contribution in [2.24, 2.45) is 0 Å². The molecule has 0 spiro atoms. The first-order valence-electron chi connectivity index (χ1n) is 10.1. The number of benzene rings is 2. The van der Waals surface area contributed by atoms with E-state index in [0.717, 1.165) is 15.6 Å². The number of hydrogen-bond donors (Lipinski definition) is 1. The number of carbonyl (C=O) groups is 1. The second-order valence-electron chi connectivity index (χ2n) is 7.01. The molecule has 0 bridgehead atoms. The molecule has 0 atom stereocenters. The van der Waals surface area contributed by atoms with Crippen molar-refractivity contribution in [3.63, 3.8) is 0 Å². The van der Waals surface area contributed by atoms with Gasteiger partial charge in [0.2, 0.25) is 0 Å². The summed E-state index contributed by atoms with van der Waals surface area (Å²) in [5.74, 6) is 0.201. The number of rotatable bonds is 7. The van der Waals surface area contributed by atoms with Gasteiger partial charge in [0.25, 0.3) is 5.91 Å². The fraction of sp³-hybridized carbons (Fsp3) is 0.217. The molecule has 2 aromatic heterocycles. The lowest BCUT2D eigenvalue weighted by atomic mass is 10.1. The maximum Gasteiger partial charge on any atom is 0.278 e. The maximum atomic E-state index is 13.0. The van der Waals surface area contributed by atoms with Crippen molar-refractivity contribution in [3.05, 3.63) is 70.1 Å². The Morgan fingerprint density at radius 3 is 2.59 bits per heavy atom. The average Bonchev–Trinajstić information content (AvgIpc) is 3.15. The summed E-state index contributed by atoms with van der Waals surface area (Å²) in [5, 5.41) is 16.1. The number of methoxy groups -OCH3 is 1. The zero-order valence-corrected chi connectivity index (χ0v) is 19.5. The Hall–Kier alpha value is -3.30. The molecule has 1 N–H and O–H groups in total. The highest BCUT2D eigenvalue weighted by atomic mass is 79.9. The Balaban J connectivity index is 1.76. The van der Waals surface area contributed by atoms with Gasteiger partial charge in [0.15, 0.2) is 11.3 Å². The molecule has 2 aromatic carbocycles. The van der Waals surface area contributed by atoms with Gasteiger partial charge < -0.3 is 14.8 Å². The van der Waals surface area contributed by atoms with E-state index in [9.17, 15) is 4.79 Å². The lowest BCUT2D eigenvalue weighted by Crippen LogP contribution is -2.19. The summed E-state index contributed by atoms with van der Waals surface area (Å²) < 4.78 is 13.6. The lowest BCUT2D eigenvalue weighted by molar-refractivity contribution is 0.101. The quantitative estimate of drug-likeness (QED) is 0.400. The zero-order valence-electron chi connectivity index (χ0n) is 17.9. The number of fused-ring (bicyclic) bond motifs is 1. The van der Waals surface area contributed by atoms with Gasteiger partial charge in [-0.2, -0.15) is 5.10 Å². The molecular formula is C23H22BrN5O3. The highest BCUT2D eigenvalue weighted by Gasteiger charge is 2.22. The van der Waals surface area contributed by atoms with E-state index in [1.165, 1.54) is 0 Å². The number of amides is 1. The van der Waals surface area contributed by atoms with Crippen molar-refractivity contribution in [2.45, 2.75) is 20.5 Å². The molecule has 0 unspecified atom stereocenters. The van der Waals surface area contributed by atoms with Crippen LogP contribution in [0, 0.1) is 6.92 Å². The van der Waals surface area contributed by atoms with E-state index in [1.54, 1.807) is 30.7 Å². The van der Waals surface area contributed by atoms with Crippen molar-refractivity contribution in [1.82, 2.24) is 19.8 Å². The van der Waals surface area contributed by atoms with Gasteiger partial charge in [-0.15, -0.1) is 10.2 Å². The van der Waals surface area contributed by atoms with Gasteiger partial charge in [0, 0.05) is 11.6 Å². The van der Waals surface area contributed by atoms with Crippen LogP contribution in [-0.2, 0) is 11.3 Å². The van der Waals surface area contributed by atoms with E-state index in [2.05, 4.69) is 36.5 Å². The molecule has 2 heterocycles. The van der Waals surface area contributed by atoms with E-state index >= 15 is 0 Å². The first-order valence-corrected chi connectivity index (χ1v) is 10.9. The highest BCUT2D eigenvalue weighted by Crippen LogP contribution is 2.30. The molecule has 4 rings (SSSR count). The lowest BCUT2D eigenvalue weighted by Gasteiger charge is -2.12. The van der Waals surface area contributed by atoms with Gasteiger partial charge in [-0.25, -0.2) is 4.52 Å². The standard InChI is InChI=1S/C23H22BrN5O3/c1-4-32-19-8-6-5-7-17(19)25-23(30)21-14(2)29-22(27-26-21)20(18(28-29)13-31-3)15-9-11-16(24)12-10-15/h5-12H,4,13H2,1-3H3,(H,25,30). The SMILES string of the molecule is CCOc1ccccc1NC(=O)c1nnc2c(-c3ccc(Br)cc3)c(COC)nn2c1C. The molecule has 4 aromatic rings. The molecule has 1 amide bonds. The topological polar surface area (TPSA) is 90.6 Å². The smallest absolute Gasteiger partial charge is 0.278 e. The van der Waals surface area contributed by atoms with Crippen LogP contribution in [-0.4, -0.2) is 39.4 Å². The van der Waals surface area contributed by atoms with Crippen LogP contribution in [0.1, 0.15) is 28.8 Å². The number of para-hydroxylation sites is 2. The summed E-state index contributed by atoms with van der Waals surface area (Å²) in [5.41, 5.74) is 4.35. The Kier molecular flexibility index (Phi) is 6.48. The van der Waals surface area contributed by atoms with E-state index in [1.807, 2.05) is 43.3 Å². The van der Waals surface area contributed by atoms with Crippen molar-refractivity contribution < 1.29 is 14.3 Å². The van der Waals surface area contributed by atoms with Crippen molar-refractivity contribution >= 4 is 33.2 Å². The summed E-state index contributed by atoms with van der Waals surface area (Å²) in [6.45, 7) is 4.48. The molecule has 0 aliphatic carbocycles. The van der Waals surface area contributed by atoms with Gasteiger partial charge in [-0.05, 0) is 43.7 Å². The van der Waals surface area contributed by atoms with Gasteiger partial charge in [-0.3, -0.25) is 4.79 Å². The molecule has 0 saturated carbocycles. The highest BCUT2D eigenvalue weighted by molar-refractivity contribution is 9.10. The summed E-state index contributed by atoms with van der Waals surface area (Å²) in [7, 11) is 1.61. The van der Waals surface area contributed by atoms with Gasteiger partial charge >= 0.3 is 0 Å². The van der Waals surface area contributed by atoms with Crippen LogP contribution in [0.2, 0.25) is 0 Å². The first-order chi connectivity index (χ1) is 15.5. The summed E-state index contributed by atoms with van der Waals surface area (Å²) in [4.78, 5) is 13.0. The zero-order chi connectivity index (χ0) is 22.7. The predicted molar refractivity (Wildman–Crippen MR) is 125 cm³/mol. The van der Waals surface area contributed by atoms with Crippen molar-refractivity contribution in [1.29, 1.82) is 0 Å². The number of anilines is 1. The normalized spacial score (nSPS) is 11.0. The number of nitrogens with one attached hydrogen (secondary N) is 1. The van der Waals surface area contributed by atoms with E-state index in [0.29, 0.717) is 41.7 Å². The number of aromatic nitrogens is 4. The van der Waals surface area contributed by atoms with Crippen LogP contribution >= 0.6 is 15.9 Å². The molecule has 8 nitrogen and oxygen atoms in total. The molecular weight excluding hydrogens is 474 g/mol. The number of carbonyl (C=O) groups excluding carboxylic acids is 1. The fourth-order valence-corrected chi connectivity index (χ4v) is 3.71. The third-order valence-electron chi connectivity index (χ3n) is 4.90. The Bertz CT molecular complexity index is 1270. The van der Waals surface area contributed by atoms with Crippen molar-refractivity contribution in [3.8, 4) is 16.9 Å². The van der Waals surface area contributed by atoms with Crippen LogP contribution in [0.3, 0.4) is 0 Å². The molecule has 0 aliphatic rings. The second-order valence-corrected chi connectivity index (χ2v) is 7.93. The third-order valence-corrected chi connectivity index (χ3v) is 5.43. The van der Waals surface area contributed by atoms with Crippen LogP contribution in [0.15, 0.2) is 53.0 Å². The van der Waals surface area contributed by atoms with Crippen LogP contribution in [0.25, 0.3) is 16.8 Å². The minimum atomic E-state index is -0.391. The summed E-state index contributed by atoms with van der Waals surface area (Å²) in [6.07, 6.45) is 0. The maximum absolute atomic E-state index is 13.0. The fourth-order valence-electron chi connectivity index (χ4n) is 3.44. The van der Waals surface area contributed by atoms with Crippen LogP contribution in [0.4, 0.5) is 5.69 Å². The van der Waals surface area contributed by atoms with E-state index < -0.39 is 5.91 Å². The number of aryl methyl sites for hydroxylation is 1. The monoisotopic (exact) mass is 495 g/mol. The first kappa shape index (κ1) is 21.9. The Morgan fingerprint density at radius 1 is 1.12 bits per heavy atom. The molecule has 9 heteroatoms. The van der Waals surface area contributed by atoms with Gasteiger partial charge in [0.05, 0.1) is 35.9 Å². The van der Waals surface area contributed by atoms with E-state index in [-0.39, 0.29) is 5.69 Å². The van der Waals surface area contributed by atoms with Crippen LogP contribution < -0.4 is 10.1 Å². The van der Waals surface area contributed by atoms with E-state index in [4.69, 9.17) is 9.47 Å². The molecule has 32 heavy (non-hydrogen) atoms. The summed E-state index contributed by atoms with van der Waals surface area (Å²) in [6, 6.07) is 15.1. The minimum absolute atomic E-state index is 0.178. The number of nitrogens with zero attached hydrogens (tertiary/aromatic N) is 4. The third kappa shape index (κ3) is 4.21. The largest absolute Gasteiger partial charge is 0.492 e. The molecule has 0 aliphatic heterocycles. The van der Waals surface area contributed by atoms with Gasteiger partial charge in [0.1, 0.15) is 5.75 Å². The second kappa shape index (κ2) is 9.46. The number of hydrogen-bond acceptors (Lipinski definition) is 6. The van der Waals surface area contributed by atoms with Gasteiger partial charge in [-0.1, -0.05) is 40.2 Å². The molecule has 0 saturated heterocycles. The molecule has 0 fully saturated rings. The molecule has 164 valence electrons. The Morgan fingerprint density at radius 2 is 1.88 bits per heavy atom. The minimum Gasteiger partial charge on any atom is -0.492 e. The van der Waals surface area contributed by atoms with Crippen LogP contribution in [0.5, 0.6) is 5.75 Å². The predicted octanol–water partition coefficient (Wildman–Crippen LogP) is 4.66. The van der Waals surface area contributed by atoms with Crippen molar-refractivity contribution in [2.75, 3.05) is 19.0 Å². The number of ether oxygens (including phenoxy) is 2. The average molecular weight is 496 g/mol. The summed E-state index contributed by atoms with van der Waals surface area (Å²) >= 11 is 3.46. The number of halogens is 1. The molecule has 0 radical (unpaired) electrons.